The van der Waals surface area contributed by atoms with E-state index in [1.54, 1.807) is 11.0 Å². The molecule has 0 radical (unpaired) electrons. The van der Waals surface area contributed by atoms with Crippen molar-refractivity contribution in [1.82, 2.24) is 24.2 Å². The van der Waals surface area contributed by atoms with Gasteiger partial charge in [0.15, 0.2) is 0 Å². The highest BCUT2D eigenvalue weighted by molar-refractivity contribution is 5.99. The largest absolute Gasteiger partial charge is 0.492 e. The number of hydrogen-bond donors (Lipinski definition) is 2. The van der Waals surface area contributed by atoms with Crippen molar-refractivity contribution in [3.05, 3.63) is 60.6 Å². The molecular formula is C28H35N7O3. The highest BCUT2D eigenvalue weighted by Gasteiger charge is 2.19. The quantitative estimate of drug-likeness (QED) is 0.377. The number of imidazole rings is 1. The predicted molar refractivity (Wildman–Crippen MR) is 148 cm³/mol. The summed E-state index contributed by atoms with van der Waals surface area (Å²) in [6.07, 6.45) is 1.80. The second-order valence-electron chi connectivity index (χ2n) is 10.5. The van der Waals surface area contributed by atoms with Crippen LogP contribution in [0.4, 0.5) is 16.3 Å². The number of urea groups is 1. The molecule has 1 aliphatic rings. The van der Waals surface area contributed by atoms with Crippen molar-refractivity contribution in [1.29, 1.82) is 0 Å². The van der Waals surface area contributed by atoms with Crippen LogP contribution in [0.2, 0.25) is 0 Å². The van der Waals surface area contributed by atoms with E-state index in [0.717, 1.165) is 61.0 Å². The van der Waals surface area contributed by atoms with Gasteiger partial charge in [0.25, 0.3) is 0 Å². The zero-order chi connectivity index (χ0) is 26.7. The van der Waals surface area contributed by atoms with Crippen LogP contribution in [-0.2, 0) is 17.2 Å². The molecule has 3 heterocycles. The average Bonchev–Trinajstić information content (AvgIpc) is 3.48. The van der Waals surface area contributed by atoms with E-state index in [-0.39, 0.29) is 11.4 Å². The molecule has 0 spiro atoms. The number of carbonyl (C=O) groups is 1. The molecule has 0 aliphatic carbocycles. The van der Waals surface area contributed by atoms with Gasteiger partial charge >= 0.3 is 6.03 Å². The first kappa shape index (κ1) is 25.7. The first-order valence-corrected chi connectivity index (χ1v) is 12.9. The van der Waals surface area contributed by atoms with Crippen molar-refractivity contribution in [2.75, 3.05) is 50.1 Å². The molecule has 2 amide bonds. The molecular weight excluding hydrogens is 482 g/mol. The number of aromatic nitrogens is 4. The van der Waals surface area contributed by atoms with Crippen molar-refractivity contribution in [2.24, 2.45) is 7.05 Å². The Morgan fingerprint density at radius 1 is 1.05 bits per heavy atom. The molecule has 5 rings (SSSR count). The van der Waals surface area contributed by atoms with Gasteiger partial charge in [-0.25, -0.2) is 9.78 Å². The third kappa shape index (κ3) is 5.98. The fourth-order valence-electron chi connectivity index (χ4n) is 4.34. The van der Waals surface area contributed by atoms with Gasteiger partial charge in [-0.3, -0.25) is 19.5 Å². The predicted octanol–water partition coefficient (Wildman–Crippen LogP) is 4.41. The van der Waals surface area contributed by atoms with Gasteiger partial charge in [-0.2, -0.15) is 5.10 Å². The standard InChI is InChI=1S/C28H35N7O3/c1-28(2,3)25-18-26(33(4)32-25)31-27(36)30-20-5-7-21(8-6-20)35-19-29-23-17-22(9-10-24(23)35)38-16-13-34-11-14-37-15-12-34/h5-10,17-19H,11-16H2,1-4H3,(H2,30,31,36). The summed E-state index contributed by atoms with van der Waals surface area (Å²) in [4.78, 5) is 19.5. The van der Waals surface area contributed by atoms with Crippen LogP contribution in [-0.4, -0.2) is 69.7 Å². The number of morpholine rings is 1. The summed E-state index contributed by atoms with van der Waals surface area (Å²) >= 11 is 0. The molecule has 0 atom stereocenters. The molecule has 2 N–H and O–H groups in total. The Bertz CT molecular complexity index is 1400. The number of nitrogens with one attached hydrogen (secondary N) is 2. The SMILES string of the molecule is Cn1nc(C(C)(C)C)cc1NC(=O)Nc1ccc(-n2cnc3cc(OCCN4CCOCC4)ccc32)cc1. The third-order valence-corrected chi connectivity index (χ3v) is 6.59. The summed E-state index contributed by atoms with van der Waals surface area (Å²) in [5.74, 6) is 1.45. The third-order valence-electron chi connectivity index (χ3n) is 6.59. The number of nitrogens with zero attached hydrogens (tertiary/aromatic N) is 5. The molecule has 2 aromatic carbocycles. The Balaban J connectivity index is 1.19. The molecule has 1 aliphatic heterocycles. The molecule has 0 saturated carbocycles. The number of carbonyl (C=O) groups excluding carboxylic acids is 1. The van der Waals surface area contributed by atoms with Crippen LogP contribution in [0.25, 0.3) is 16.7 Å². The van der Waals surface area contributed by atoms with Gasteiger partial charge in [0.05, 0.1) is 29.9 Å². The summed E-state index contributed by atoms with van der Waals surface area (Å²) in [7, 11) is 1.82. The minimum Gasteiger partial charge on any atom is -0.492 e. The van der Waals surface area contributed by atoms with Gasteiger partial charge in [0.1, 0.15) is 24.5 Å². The minimum atomic E-state index is -0.324. The Morgan fingerprint density at radius 2 is 1.82 bits per heavy atom. The molecule has 38 heavy (non-hydrogen) atoms. The molecule has 0 bridgehead atoms. The summed E-state index contributed by atoms with van der Waals surface area (Å²) in [5.41, 5.74) is 4.29. The molecule has 1 saturated heterocycles. The summed E-state index contributed by atoms with van der Waals surface area (Å²) in [5, 5.41) is 10.3. The number of ether oxygens (including phenoxy) is 2. The first-order chi connectivity index (χ1) is 18.3. The highest BCUT2D eigenvalue weighted by atomic mass is 16.5. The Hall–Kier alpha value is -3.89. The average molecular weight is 518 g/mol. The van der Waals surface area contributed by atoms with Gasteiger partial charge in [-0.15, -0.1) is 0 Å². The molecule has 10 nitrogen and oxygen atoms in total. The highest BCUT2D eigenvalue weighted by Crippen LogP contribution is 2.25. The molecule has 200 valence electrons. The van der Waals surface area contributed by atoms with Crippen LogP contribution >= 0.6 is 0 Å². The van der Waals surface area contributed by atoms with Crippen molar-refractivity contribution in [2.45, 2.75) is 26.2 Å². The van der Waals surface area contributed by atoms with E-state index >= 15 is 0 Å². The van der Waals surface area contributed by atoms with Crippen LogP contribution < -0.4 is 15.4 Å². The molecule has 10 heteroatoms. The Morgan fingerprint density at radius 3 is 2.53 bits per heavy atom. The van der Waals surface area contributed by atoms with Crippen LogP contribution in [0, 0.1) is 0 Å². The maximum absolute atomic E-state index is 12.6. The zero-order valence-electron chi connectivity index (χ0n) is 22.4. The van der Waals surface area contributed by atoms with Crippen molar-refractivity contribution in [3.63, 3.8) is 0 Å². The van der Waals surface area contributed by atoms with Crippen LogP contribution in [0.1, 0.15) is 26.5 Å². The maximum atomic E-state index is 12.6. The Kier molecular flexibility index (Phi) is 7.35. The van der Waals surface area contributed by atoms with Crippen LogP contribution in [0.5, 0.6) is 5.75 Å². The zero-order valence-corrected chi connectivity index (χ0v) is 22.4. The van der Waals surface area contributed by atoms with Crippen molar-refractivity contribution >= 4 is 28.6 Å². The lowest BCUT2D eigenvalue weighted by atomic mass is 9.92. The van der Waals surface area contributed by atoms with E-state index < -0.39 is 0 Å². The van der Waals surface area contributed by atoms with E-state index in [1.165, 1.54) is 0 Å². The summed E-state index contributed by atoms with van der Waals surface area (Å²) in [6.45, 7) is 11.3. The number of hydrogen-bond acceptors (Lipinski definition) is 6. The fraction of sp³-hybridized carbons (Fsp3) is 0.393. The van der Waals surface area contributed by atoms with Gasteiger partial charge in [0.2, 0.25) is 0 Å². The fourth-order valence-corrected chi connectivity index (χ4v) is 4.34. The van der Waals surface area contributed by atoms with E-state index in [2.05, 4.69) is 46.4 Å². The van der Waals surface area contributed by atoms with Gasteiger partial charge < -0.3 is 14.8 Å². The normalized spacial score (nSPS) is 14.5. The number of aryl methyl sites for hydroxylation is 1. The molecule has 4 aromatic rings. The maximum Gasteiger partial charge on any atom is 0.324 e. The number of benzene rings is 2. The molecule has 0 unspecified atom stereocenters. The van der Waals surface area contributed by atoms with Crippen LogP contribution in [0.15, 0.2) is 54.9 Å². The van der Waals surface area contributed by atoms with Gasteiger partial charge in [-0.1, -0.05) is 20.8 Å². The number of anilines is 2. The molecule has 1 fully saturated rings. The Labute approximate surface area is 222 Å². The van der Waals surface area contributed by atoms with Crippen LogP contribution in [0.3, 0.4) is 0 Å². The first-order valence-electron chi connectivity index (χ1n) is 12.9. The smallest absolute Gasteiger partial charge is 0.324 e. The lowest BCUT2D eigenvalue weighted by Crippen LogP contribution is -2.38. The second kappa shape index (κ2) is 10.8. The van der Waals surface area contributed by atoms with E-state index in [4.69, 9.17) is 9.47 Å². The summed E-state index contributed by atoms with van der Waals surface area (Å²) < 4.78 is 15.1. The van der Waals surface area contributed by atoms with Crippen molar-refractivity contribution in [3.8, 4) is 11.4 Å². The van der Waals surface area contributed by atoms with Gasteiger partial charge in [0, 0.05) is 55.6 Å². The topological polar surface area (TPSA) is 98.5 Å². The number of rotatable bonds is 7. The lowest BCUT2D eigenvalue weighted by Gasteiger charge is -2.26. The van der Waals surface area contributed by atoms with E-state index in [1.807, 2.05) is 60.1 Å². The van der Waals surface area contributed by atoms with E-state index in [0.29, 0.717) is 18.1 Å². The summed E-state index contributed by atoms with van der Waals surface area (Å²) in [6, 6.07) is 15.2. The number of amides is 2. The van der Waals surface area contributed by atoms with Gasteiger partial charge in [-0.05, 0) is 36.4 Å². The lowest BCUT2D eigenvalue weighted by molar-refractivity contribution is 0.0322. The number of fused-ring (bicyclic) bond motifs is 1. The minimum absolute atomic E-state index is 0.0981. The van der Waals surface area contributed by atoms with Crippen molar-refractivity contribution < 1.29 is 14.3 Å². The monoisotopic (exact) mass is 517 g/mol. The molecule has 2 aromatic heterocycles. The second-order valence-corrected chi connectivity index (χ2v) is 10.5. The van der Waals surface area contributed by atoms with E-state index in [9.17, 15) is 4.79 Å².